The van der Waals surface area contributed by atoms with Crippen LogP contribution < -0.4 is 4.90 Å². The maximum atomic E-state index is 13.6. The lowest BCUT2D eigenvalue weighted by atomic mass is 10.0. The zero-order chi connectivity index (χ0) is 24.5. The third-order valence-corrected chi connectivity index (χ3v) is 7.89. The molecule has 9 heteroatoms. The number of amides is 2. The first kappa shape index (κ1) is 24.1. The van der Waals surface area contributed by atoms with Gasteiger partial charge in [0.05, 0.1) is 17.0 Å². The summed E-state index contributed by atoms with van der Waals surface area (Å²) in [5, 5.41) is 0.390. The molecule has 7 nitrogen and oxygen atoms in total. The number of carbonyl (C=O) groups is 2. The Kier molecular flexibility index (Phi) is 6.84. The predicted octanol–water partition coefficient (Wildman–Crippen LogP) is 4.38. The summed E-state index contributed by atoms with van der Waals surface area (Å²) in [5.74, 6) is -0.732. The molecule has 0 aliphatic carbocycles. The van der Waals surface area contributed by atoms with Crippen LogP contribution in [-0.4, -0.2) is 35.6 Å². The monoisotopic (exact) mass is 497 g/mol. The van der Waals surface area contributed by atoms with Crippen molar-refractivity contribution >= 4 is 39.1 Å². The zero-order valence-corrected chi connectivity index (χ0v) is 20.3. The molecule has 2 aromatic carbocycles. The average Bonchev–Trinajstić information content (AvgIpc) is 3.11. The fourth-order valence-corrected chi connectivity index (χ4v) is 5.59. The molecular weight excluding hydrogens is 474 g/mol. The quantitative estimate of drug-likeness (QED) is 0.452. The molecule has 4 rings (SSSR count). The van der Waals surface area contributed by atoms with Crippen molar-refractivity contribution in [3.8, 4) is 0 Å². The highest BCUT2D eigenvalue weighted by Crippen LogP contribution is 2.31. The lowest BCUT2D eigenvalue weighted by Crippen LogP contribution is -2.45. The van der Waals surface area contributed by atoms with Crippen molar-refractivity contribution in [2.45, 2.75) is 43.7 Å². The number of anilines is 1. The van der Waals surface area contributed by atoms with E-state index in [-0.39, 0.29) is 17.9 Å². The first-order valence-corrected chi connectivity index (χ1v) is 12.6. The summed E-state index contributed by atoms with van der Waals surface area (Å²) >= 11 is 5.94. The molecule has 2 amide bonds. The molecular formula is C25H24ClN3O4S. The molecule has 1 saturated heterocycles. The minimum Gasteiger partial charge on any atom is -0.274 e. The minimum atomic E-state index is -4.13. The average molecular weight is 498 g/mol. The summed E-state index contributed by atoms with van der Waals surface area (Å²) in [5.41, 5.74) is 2.09. The SMILES string of the molecule is CC(C)c1ccc(N2C(=O)CC(N(Cc3cccnc3)S(=O)(=O)c3ccc(Cl)cc3)C2=O)cc1. The van der Waals surface area contributed by atoms with Crippen LogP contribution in [0.4, 0.5) is 5.69 Å². The summed E-state index contributed by atoms with van der Waals surface area (Å²) < 4.78 is 28.3. The number of nitrogens with zero attached hydrogens (tertiary/aromatic N) is 3. The van der Waals surface area contributed by atoms with Crippen molar-refractivity contribution in [3.05, 3.63) is 89.2 Å². The molecule has 1 fully saturated rings. The van der Waals surface area contributed by atoms with Gasteiger partial charge < -0.3 is 0 Å². The lowest BCUT2D eigenvalue weighted by Gasteiger charge is -2.27. The molecule has 2 heterocycles. The molecule has 1 aliphatic rings. The van der Waals surface area contributed by atoms with E-state index in [1.165, 1.54) is 30.5 Å². The van der Waals surface area contributed by atoms with Crippen LogP contribution in [-0.2, 0) is 26.2 Å². The molecule has 1 unspecified atom stereocenters. The van der Waals surface area contributed by atoms with Crippen molar-refractivity contribution < 1.29 is 18.0 Å². The van der Waals surface area contributed by atoms with E-state index in [1.54, 1.807) is 30.5 Å². The van der Waals surface area contributed by atoms with Gasteiger partial charge in [0.1, 0.15) is 6.04 Å². The van der Waals surface area contributed by atoms with Gasteiger partial charge in [0.15, 0.2) is 0 Å². The van der Waals surface area contributed by atoms with Crippen LogP contribution in [0.5, 0.6) is 0 Å². The van der Waals surface area contributed by atoms with E-state index in [0.717, 1.165) is 14.8 Å². The molecule has 0 saturated carbocycles. The summed E-state index contributed by atoms with van der Waals surface area (Å²) in [6, 6.07) is 15.1. The maximum Gasteiger partial charge on any atom is 0.252 e. The molecule has 0 bridgehead atoms. The van der Waals surface area contributed by atoms with Gasteiger partial charge in [-0.25, -0.2) is 13.3 Å². The van der Waals surface area contributed by atoms with E-state index < -0.39 is 27.9 Å². The van der Waals surface area contributed by atoms with E-state index >= 15 is 0 Å². The van der Waals surface area contributed by atoms with Crippen molar-refractivity contribution in [1.82, 2.24) is 9.29 Å². The van der Waals surface area contributed by atoms with Crippen LogP contribution in [0, 0.1) is 0 Å². The number of sulfonamides is 1. The van der Waals surface area contributed by atoms with Crippen LogP contribution in [0.15, 0.2) is 78.0 Å². The second-order valence-corrected chi connectivity index (χ2v) is 10.7. The van der Waals surface area contributed by atoms with Gasteiger partial charge in [-0.2, -0.15) is 4.31 Å². The fraction of sp³-hybridized carbons (Fsp3) is 0.240. The highest BCUT2D eigenvalue weighted by Gasteiger charge is 2.47. The molecule has 1 aromatic heterocycles. The molecule has 34 heavy (non-hydrogen) atoms. The van der Waals surface area contributed by atoms with Gasteiger partial charge in [-0.15, -0.1) is 0 Å². The van der Waals surface area contributed by atoms with Crippen LogP contribution in [0.1, 0.15) is 37.3 Å². The van der Waals surface area contributed by atoms with Gasteiger partial charge in [-0.05, 0) is 59.5 Å². The van der Waals surface area contributed by atoms with Gasteiger partial charge in [0.25, 0.3) is 5.91 Å². The molecule has 0 N–H and O–H groups in total. The summed E-state index contributed by atoms with van der Waals surface area (Å²) in [4.78, 5) is 31.5. The van der Waals surface area contributed by atoms with Crippen LogP contribution in [0.3, 0.4) is 0 Å². The second-order valence-electron chi connectivity index (χ2n) is 8.40. The first-order chi connectivity index (χ1) is 16.2. The van der Waals surface area contributed by atoms with Crippen molar-refractivity contribution in [1.29, 1.82) is 0 Å². The van der Waals surface area contributed by atoms with Gasteiger partial charge in [0, 0.05) is 24.0 Å². The topological polar surface area (TPSA) is 87.7 Å². The Morgan fingerprint density at radius 2 is 1.74 bits per heavy atom. The van der Waals surface area contributed by atoms with E-state index in [4.69, 9.17) is 11.6 Å². The maximum absolute atomic E-state index is 13.6. The fourth-order valence-electron chi connectivity index (χ4n) is 3.90. The second kappa shape index (κ2) is 9.66. The minimum absolute atomic E-state index is 0.0132. The van der Waals surface area contributed by atoms with Crippen molar-refractivity contribution in [3.63, 3.8) is 0 Å². The molecule has 1 atom stereocenters. The van der Waals surface area contributed by atoms with Crippen LogP contribution in [0.25, 0.3) is 0 Å². The van der Waals surface area contributed by atoms with E-state index in [0.29, 0.717) is 22.2 Å². The Balaban J connectivity index is 1.72. The van der Waals surface area contributed by atoms with Crippen LogP contribution >= 0.6 is 11.6 Å². The molecule has 176 valence electrons. The highest BCUT2D eigenvalue weighted by molar-refractivity contribution is 7.89. The van der Waals surface area contributed by atoms with Gasteiger partial charge in [-0.1, -0.05) is 43.6 Å². The number of carbonyl (C=O) groups excluding carboxylic acids is 2. The molecule has 0 radical (unpaired) electrons. The van der Waals surface area contributed by atoms with E-state index in [1.807, 2.05) is 12.1 Å². The predicted molar refractivity (Wildman–Crippen MR) is 130 cm³/mol. The van der Waals surface area contributed by atoms with Crippen molar-refractivity contribution in [2.24, 2.45) is 0 Å². The molecule has 1 aliphatic heterocycles. The van der Waals surface area contributed by atoms with E-state index in [2.05, 4.69) is 18.8 Å². The number of halogens is 1. The third-order valence-electron chi connectivity index (χ3n) is 5.77. The Bertz CT molecular complexity index is 1290. The van der Waals surface area contributed by atoms with Gasteiger partial charge >= 0.3 is 0 Å². The normalized spacial score (nSPS) is 16.6. The van der Waals surface area contributed by atoms with Crippen molar-refractivity contribution in [2.75, 3.05) is 4.90 Å². The lowest BCUT2D eigenvalue weighted by molar-refractivity contribution is -0.122. The number of benzene rings is 2. The highest BCUT2D eigenvalue weighted by atomic mass is 35.5. The standard InChI is InChI=1S/C25H24ClN3O4S/c1-17(2)19-5-9-21(10-6-19)29-24(30)14-23(25(29)31)28(16-18-4-3-13-27-15-18)34(32,33)22-11-7-20(26)8-12-22/h3-13,15,17,23H,14,16H2,1-2H3. The molecule has 0 spiro atoms. The Morgan fingerprint density at radius 3 is 2.32 bits per heavy atom. The Morgan fingerprint density at radius 1 is 1.06 bits per heavy atom. The number of pyridine rings is 1. The number of imide groups is 1. The first-order valence-electron chi connectivity index (χ1n) is 10.8. The van der Waals surface area contributed by atoms with Gasteiger partial charge in [-0.3, -0.25) is 14.6 Å². The number of hydrogen-bond donors (Lipinski definition) is 0. The number of hydrogen-bond acceptors (Lipinski definition) is 5. The third kappa shape index (κ3) is 4.75. The number of rotatable bonds is 7. The summed E-state index contributed by atoms with van der Waals surface area (Å²) in [6.07, 6.45) is 2.86. The number of aromatic nitrogens is 1. The van der Waals surface area contributed by atoms with Crippen LogP contribution in [0.2, 0.25) is 5.02 Å². The molecule has 3 aromatic rings. The smallest absolute Gasteiger partial charge is 0.252 e. The summed E-state index contributed by atoms with van der Waals surface area (Å²) in [7, 11) is -4.13. The van der Waals surface area contributed by atoms with E-state index in [9.17, 15) is 18.0 Å². The largest absolute Gasteiger partial charge is 0.274 e. The summed E-state index contributed by atoms with van der Waals surface area (Å²) in [6.45, 7) is 3.99. The Hall–Kier alpha value is -3.07. The van der Waals surface area contributed by atoms with Gasteiger partial charge in [0.2, 0.25) is 15.9 Å². The Labute approximate surface area is 204 Å². The zero-order valence-electron chi connectivity index (χ0n) is 18.8.